The molecule has 0 saturated carbocycles. The Balaban J connectivity index is 1.51. The number of hydrogen-bond acceptors (Lipinski definition) is 5. The van der Waals surface area contributed by atoms with Crippen molar-refractivity contribution >= 4 is 45.1 Å². The highest BCUT2D eigenvalue weighted by Gasteiger charge is 2.32. The maximum absolute atomic E-state index is 13.2. The van der Waals surface area contributed by atoms with Crippen LogP contribution in [0.5, 0.6) is 0 Å². The Hall–Kier alpha value is -1.48. The van der Waals surface area contributed by atoms with Gasteiger partial charge in [-0.2, -0.15) is 4.31 Å². The number of anilines is 1. The number of carbonyl (C=O) groups excluding carboxylic acids is 1. The molecule has 2 atom stereocenters. The molecule has 0 radical (unpaired) electrons. The van der Waals surface area contributed by atoms with Gasteiger partial charge in [-0.05, 0) is 54.2 Å². The molecule has 0 aliphatic carbocycles. The Morgan fingerprint density at radius 3 is 2.39 bits per heavy atom. The van der Waals surface area contributed by atoms with Crippen molar-refractivity contribution in [2.75, 3.05) is 29.9 Å². The fourth-order valence-electron chi connectivity index (χ4n) is 4.27. The van der Waals surface area contributed by atoms with E-state index in [4.69, 9.17) is 0 Å². The van der Waals surface area contributed by atoms with Crippen LogP contribution in [-0.2, 0) is 10.0 Å². The van der Waals surface area contributed by atoms with Crippen LogP contribution in [0, 0.1) is 11.8 Å². The lowest BCUT2D eigenvalue weighted by atomic mass is 9.94. The molecule has 1 N–H and O–H groups in total. The van der Waals surface area contributed by atoms with E-state index in [9.17, 15) is 13.2 Å². The van der Waals surface area contributed by atoms with E-state index in [-0.39, 0.29) is 10.8 Å². The van der Waals surface area contributed by atoms with Crippen LogP contribution in [0.25, 0.3) is 0 Å². The first-order valence-electron chi connectivity index (χ1n) is 10.6. The summed E-state index contributed by atoms with van der Waals surface area (Å²) in [6.07, 6.45) is 1.03. The van der Waals surface area contributed by atoms with Crippen LogP contribution in [0.15, 0.2) is 53.4 Å². The average Bonchev–Trinajstić information content (AvgIpc) is 3.28. The predicted octanol–water partition coefficient (Wildman–Crippen LogP) is 5.08. The molecule has 2 fully saturated rings. The number of nitrogens with one attached hydrogen (secondary N) is 1. The van der Waals surface area contributed by atoms with Gasteiger partial charge in [-0.3, -0.25) is 4.79 Å². The molecular weight excluding hydrogens is 448 g/mol. The Kier molecular flexibility index (Phi) is 7.01. The zero-order valence-corrected chi connectivity index (χ0v) is 20.2. The first-order chi connectivity index (χ1) is 14.8. The average molecular weight is 477 g/mol. The van der Waals surface area contributed by atoms with Crippen LogP contribution in [0.1, 0.15) is 40.8 Å². The lowest BCUT2D eigenvalue weighted by molar-refractivity contribution is 0.102. The lowest BCUT2D eigenvalue weighted by Crippen LogP contribution is -2.42. The highest BCUT2D eigenvalue weighted by molar-refractivity contribution is 8.19. The van der Waals surface area contributed by atoms with Gasteiger partial charge in [0.25, 0.3) is 5.91 Å². The first-order valence-corrected chi connectivity index (χ1v) is 14.1. The van der Waals surface area contributed by atoms with E-state index in [0.29, 0.717) is 35.1 Å². The van der Waals surface area contributed by atoms with Gasteiger partial charge in [0.05, 0.1) is 9.48 Å². The molecule has 4 rings (SSSR count). The molecule has 2 aromatic carbocycles. The normalized spacial score (nSPS) is 23.0. The summed E-state index contributed by atoms with van der Waals surface area (Å²) in [7, 11) is -3.63. The topological polar surface area (TPSA) is 66.5 Å². The quantitative estimate of drug-likeness (QED) is 0.652. The molecule has 0 spiro atoms. The summed E-state index contributed by atoms with van der Waals surface area (Å²) in [6.45, 7) is 5.21. The van der Waals surface area contributed by atoms with E-state index in [2.05, 4.69) is 25.2 Å². The molecular formula is C23H28N2O3S3. The Labute approximate surface area is 193 Å². The highest BCUT2D eigenvalue weighted by Crippen LogP contribution is 2.45. The van der Waals surface area contributed by atoms with Crippen LogP contribution in [-0.4, -0.2) is 43.2 Å². The zero-order valence-electron chi connectivity index (χ0n) is 17.8. The van der Waals surface area contributed by atoms with E-state index in [1.165, 1.54) is 11.6 Å². The molecule has 166 valence electrons. The van der Waals surface area contributed by atoms with Gasteiger partial charge in [0, 0.05) is 35.8 Å². The van der Waals surface area contributed by atoms with Crippen molar-refractivity contribution in [3.63, 3.8) is 0 Å². The van der Waals surface area contributed by atoms with Gasteiger partial charge in [0.15, 0.2) is 0 Å². The minimum absolute atomic E-state index is 0.175. The summed E-state index contributed by atoms with van der Waals surface area (Å²) in [4.78, 5) is 13.1. The number of nitrogens with zero attached hydrogens (tertiary/aromatic N) is 1. The molecule has 2 aliphatic heterocycles. The van der Waals surface area contributed by atoms with Gasteiger partial charge in [0.1, 0.15) is 0 Å². The molecule has 2 aromatic rings. The summed E-state index contributed by atoms with van der Waals surface area (Å²) < 4.78 is 28.3. The van der Waals surface area contributed by atoms with Crippen molar-refractivity contribution in [1.82, 2.24) is 4.31 Å². The van der Waals surface area contributed by atoms with E-state index < -0.39 is 10.0 Å². The van der Waals surface area contributed by atoms with Crippen molar-refractivity contribution in [2.24, 2.45) is 11.8 Å². The van der Waals surface area contributed by atoms with E-state index in [0.717, 1.165) is 23.6 Å². The first kappa shape index (κ1) is 22.7. The third-order valence-electron chi connectivity index (χ3n) is 5.61. The molecule has 5 nitrogen and oxygen atoms in total. The Bertz CT molecular complexity index is 1040. The number of sulfonamides is 1. The van der Waals surface area contributed by atoms with Crippen LogP contribution >= 0.6 is 23.5 Å². The van der Waals surface area contributed by atoms with Crippen molar-refractivity contribution in [3.8, 4) is 0 Å². The summed E-state index contributed by atoms with van der Waals surface area (Å²) in [5.41, 5.74) is 2.26. The lowest BCUT2D eigenvalue weighted by Gasteiger charge is -2.34. The van der Waals surface area contributed by atoms with E-state index >= 15 is 0 Å². The van der Waals surface area contributed by atoms with Crippen molar-refractivity contribution in [3.05, 3.63) is 59.7 Å². The highest BCUT2D eigenvalue weighted by atomic mass is 32.2. The summed E-state index contributed by atoms with van der Waals surface area (Å²) in [5, 5.41) is 2.93. The standard InChI is InChI=1S/C23H28N2O3S3/c1-16-11-17(2)15-25(14-16)31(27,28)21-8-4-5-18(13-21)22(26)24-20-7-3-6-19(12-20)23-29-9-10-30-23/h3-8,12-13,16-17,23H,9-11,14-15H2,1-2H3,(H,24,26). The minimum atomic E-state index is -3.63. The molecule has 0 aromatic heterocycles. The second-order valence-electron chi connectivity index (χ2n) is 8.45. The van der Waals surface area contributed by atoms with Gasteiger partial charge in [-0.15, -0.1) is 23.5 Å². The van der Waals surface area contributed by atoms with Crippen LogP contribution in [0.3, 0.4) is 0 Å². The van der Waals surface area contributed by atoms with Crippen LogP contribution < -0.4 is 5.32 Å². The molecule has 2 saturated heterocycles. The van der Waals surface area contributed by atoms with Crippen molar-refractivity contribution < 1.29 is 13.2 Å². The predicted molar refractivity (Wildman–Crippen MR) is 130 cm³/mol. The molecule has 0 bridgehead atoms. The molecule has 2 unspecified atom stereocenters. The summed E-state index contributed by atoms with van der Waals surface area (Å²) in [6, 6.07) is 14.3. The Morgan fingerprint density at radius 2 is 1.68 bits per heavy atom. The van der Waals surface area contributed by atoms with Gasteiger partial charge in [-0.1, -0.05) is 32.0 Å². The summed E-state index contributed by atoms with van der Waals surface area (Å²) >= 11 is 3.83. The third-order valence-corrected chi connectivity index (χ3v) is 10.5. The van der Waals surface area contributed by atoms with Gasteiger partial charge in [-0.25, -0.2) is 8.42 Å². The number of hydrogen-bond donors (Lipinski definition) is 1. The Morgan fingerprint density at radius 1 is 1.00 bits per heavy atom. The fraction of sp³-hybridized carbons (Fsp3) is 0.435. The minimum Gasteiger partial charge on any atom is -0.322 e. The second-order valence-corrected chi connectivity index (χ2v) is 13.1. The summed E-state index contributed by atoms with van der Waals surface area (Å²) in [5.74, 6) is 2.63. The molecule has 2 aliphatic rings. The number of benzene rings is 2. The number of piperidine rings is 1. The second kappa shape index (κ2) is 9.57. The monoisotopic (exact) mass is 476 g/mol. The largest absolute Gasteiger partial charge is 0.322 e. The molecule has 1 amide bonds. The number of amides is 1. The maximum Gasteiger partial charge on any atom is 0.255 e. The smallest absolute Gasteiger partial charge is 0.255 e. The van der Waals surface area contributed by atoms with E-state index in [1.54, 1.807) is 22.5 Å². The maximum atomic E-state index is 13.2. The van der Waals surface area contributed by atoms with Gasteiger partial charge in [0.2, 0.25) is 10.0 Å². The fourth-order valence-corrected chi connectivity index (χ4v) is 8.83. The number of carbonyl (C=O) groups is 1. The third kappa shape index (κ3) is 5.30. The van der Waals surface area contributed by atoms with Crippen LogP contribution in [0.4, 0.5) is 5.69 Å². The van der Waals surface area contributed by atoms with Gasteiger partial charge < -0.3 is 5.32 Å². The van der Waals surface area contributed by atoms with Crippen molar-refractivity contribution in [2.45, 2.75) is 29.7 Å². The van der Waals surface area contributed by atoms with Gasteiger partial charge >= 0.3 is 0 Å². The number of thioether (sulfide) groups is 2. The molecule has 31 heavy (non-hydrogen) atoms. The molecule has 8 heteroatoms. The molecule has 2 heterocycles. The number of rotatable bonds is 5. The van der Waals surface area contributed by atoms with Crippen LogP contribution in [0.2, 0.25) is 0 Å². The SMILES string of the molecule is CC1CC(C)CN(S(=O)(=O)c2cccc(C(=O)Nc3cccc(C4SCCS4)c3)c2)C1. The van der Waals surface area contributed by atoms with Crippen molar-refractivity contribution in [1.29, 1.82) is 0 Å². The zero-order chi connectivity index (χ0) is 22.0. The van der Waals surface area contributed by atoms with E-state index in [1.807, 2.05) is 41.7 Å².